The number of carbonyl (C=O) groups is 1. The standard InChI is InChI=1S/C20H28BrN5O2/c1-2-14(27)11-26(20(28)12-5-6-12)16-9-24-19-17(16)18(15(21)8-23-19)25-7-3-4-13(22)10-25/h8-9,12-14,27H,2-7,10-11,22H2,1H3,(H,23,24)/t13?,14-/m1/s1. The van der Waals surface area contributed by atoms with Gasteiger partial charge in [0.25, 0.3) is 0 Å². The van der Waals surface area contributed by atoms with E-state index in [1.54, 1.807) is 11.1 Å². The first kappa shape index (κ1) is 19.7. The van der Waals surface area contributed by atoms with Gasteiger partial charge in [-0.25, -0.2) is 4.98 Å². The van der Waals surface area contributed by atoms with E-state index in [4.69, 9.17) is 5.73 Å². The van der Waals surface area contributed by atoms with Gasteiger partial charge in [0.05, 0.1) is 33.9 Å². The van der Waals surface area contributed by atoms with Crippen LogP contribution < -0.4 is 15.5 Å². The molecule has 1 aliphatic heterocycles. The lowest BCUT2D eigenvalue weighted by molar-refractivity contribution is -0.120. The van der Waals surface area contributed by atoms with Gasteiger partial charge in [-0.3, -0.25) is 4.79 Å². The van der Waals surface area contributed by atoms with Crippen molar-refractivity contribution in [1.29, 1.82) is 0 Å². The number of anilines is 2. The molecule has 0 radical (unpaired) electrons. The molecule has 2 aromatic rings. The molecule has 2 fully saturated rings. The van der Waals surface area contributed by atoms with E-state index in [2.05, 4.69) is 30.8 Å². The number of aliphatic hydroxyl groups is 1. The number of hydrogen-bond acceptors (Lipinski definition) is 5. The van der Waals surface area contributed by atoms with Crippen LogP contribution in [-0.2, 0) is 4.79 Å². The maximum atomic E-state index is 13.1. The largest absolute Gasteiger partial charge is 0.391 e. The van der Waals surface area contributed by atoms with Crippen molar-refractivity contribution in [2.75, 3.05) is 29.4 Å². The second-order valence-corrected chi connectivity index (χ2v) is 8.84. The highest BCUT2D eigenvalue weighted by atomic mass is 79.9. The Balaban J connectivity index is 1.81. The van der Waals surface area contributed by atoms with Crippen molar-refractivity contribution in [2.45, 2.75) is 51.2 Å². The minimum atomic E-state index is -0.556. The van der Waals surface area contributed by atoms with E-state index in [1.807, 2.05) is 13.1 Å². The minimum absolute atomic E-state index is 0.0703. The first-order chi connectivity index (χ1) is 13.5. The predicted octanol–water partition coefficient (Wildman–Crippen LogP) is 2.77. The Kier molecular flexibility index (Phi) is 5.62. The number of aromatic nitrogens is 2. The molecule has 0 aromatic carbocycles. The summed E-state index contributed by atoms with van der Waals surface area (Å²) in [5.74, 6) is 0.163. The third kappa shape index (κ3) is 3.77. The van der Waals surface area contributed by atoms with Gasteiger partial charge >= 0.3 is 0 Å². The van der Waals surface area contributed by atoms with E-state index in [0.717, 1.165) is 65.7 Å². The molecular formula is C20H28BrN5O2. The summed E-state index contributed by atoms with van der Waals surface area (Å²) in [6.45, 7) is 3.92. The van der Waals surface area contributed by atoms with Gasteiger partial charge < -0.3 is 25.6 Å². The van der Waals surface area contributed by atoms with E-state index in [1.165, 1.54) is 0 Å². The number of piperidine rings is 1. The number of rotatable bonds is 6. The van der Waals surface area contributed by atoms with Gasteiger partial charge in [0.1, 0.15) is 5.65 Å². The van der Waals surface area contributed by atoms with Crippen molar-refractivity contribution >= 4 is 44.2 Å². The van der Waals surface area contributed by atoms with E-state index in [-0.39, 0.29) is 17.9 Å². The van der Waals surface area contributed by atoms with Gasteiger partial charge in [-0.15, -0.1) is 0 Å². The van der Waals surface area contributed by atoms with Crippen molar-refractivity contribution in [3.05, 3.63) is 16.9 Å². The fraction of sp³-hybridized carbons (Fsp3) is 0.600. The van der Waals surface area contributed by atoms with E-state index >= 15 is 0 Å². The second kappa shape index (κ2) is 8.00. The predicted molar refractivity (Wildman–Crippen MR) is 115 cm³/mol. The van der Waals surface area contributed by atoms with E-state index in [9.17, 15) is 9.90 Å². The topological polar surface area (TPSA) is 98.5 Å². The number of pyridine rings is 1. The SMILES string of the molecule is CC[C@@H](O)CN(C(=O)C1CC1)c1c[nH]c2ncc(Br)c(N3CCCC(N)C3)c12. The van der Waals surface area contributed by atoms with Crippen LogP contribution in [0, 0.1) is 5.92 Å². The van der Waals surface area contributed by atoms with Crippen molar-refractivity contribution < 1.29 is 9.90 Å². The van der Waals surface area contributed by atoms with Crippen molar-refractivity contribution in [1.82, 2.24) is 9.97 Å². The van der Waals surface area contributed by atoms with Crippen molar-refractivity contribution in [3.8, 4) is 0 Å². The Morgan fingerprint density at radius 3 is 2.96 bits per heavy atom. The molecule has 1 unspecified atom stereocenters. The first-order valence-corrected chi connectivity index (χ1v) is 10.9. The average molecular weight is 450 g/mol. The van der Waals surface area contributed by atoms with Crippen LogP contribution >= 0.6 is 15.9 Å². The monoisotopic (exact) mass is 449 g/mol. The molecular weight excluding hydrogens is 422 g/mol. The van der Waals surface area contributed by atoms with Crippen molar-refractivity contribution in [3.63, 3.8) is 0 Å². The first-order valence-electron chi connectivity index (χ1n) is 10.1. The number of nitrogens with zero attached hydrogens (tertiary/aromatic N) is 3. The molecule has 0 spiro atoms. The van der Waals surface area contributed by atoms with Gasteiger partial charge in [0.2, 0.25) is 5.91 Å². The molecule has 1 saturated heterocycles. The number of amides is 1. The Morgan fingerprint density at radius 1 is 1.50 bits per heavy atom. The number of aliphatic hydroxyl groups excluding tert-OH is 1. The maximum absolute atomic E-state index is 13.1. The molecule has 8 heteroatoms. The van der Waals surface area contributed by atoms with Crippen LogP contribution in [-0.4, -0.2) is 52.8 Å². The summed E-state index contributed by atoms with van der Waals surface area (Å²) < 4.78 is 0.893. The molecule has 2 aromatic heterocycles. The number of hydrogen-bond donors (Lipinski definition) is 3. The van der Waals surface area contributed by atoms with Crippen LogP contribution in [0.4, 0.5) is 11.4 Å². The van der Waals surface area contributed by atoms with Crippen LogP contribution in [0.2, 0.25) is 0 Å². The molecule has 28 heavy (non-hydrogen) atoms. The molecule has 152 valence electrons. The summed E-state index contributed by atoms with van der Waals surface area (Å²) in [7, 11) is 0. The fourth-order valence-electron chi connectivity index (χ4n) is 3.97. The Morgan fingerprint density at radius 2 is 2.29 bits per heavy atom. The van der Waals surface area contributed by atoms with Crippen LogP contribution in [0.3, 0.4) is 0 Å². The third-order valence-electron chi connectivity index (χ3n) is 5.73. The number of fused-ring (bicyclic) bond motifs is 1. The van der Waals surface area contributed by atoms with Gasteiger partial charge in [0, 0.05) is 37.4 Å². The second-order valence-electron chi connectivity index (χ2n) is 7.99. The highest BCUT2D eigenvalue weighted by Gasteiger charge is 2.36. The van der Waals surface area contributed by atoms with Crippen LogP contribution in [0.1, 0.15) is 39.0 Å². The number of aromatic amines is 1. The zero-order chi connectivity index (χ0) is 19.8. The average Bonchev–Trinajstić information content (AvgIpc) is 3.45. The normalized spacial score (nSPS) is 21.1. The molecule has 1 saturated carbocycles. The number of H-pyrrole nitrogens is 1. The summed E-state index contributed by atoms with van der Waals surface area (Å²) in [4.78, 5) is 24.8. The Hall–Kier alpha value is -1.64. The number of nitrogens with two attached hydrogens (primary N) is 1. The number of nitrogens with one attached hydrogen (secondary N) is 1. The van der Waals surface area contributed by atoms with Gasteiger partial charge in [0.15, 0.2) is 0 Å². The summed E-state index contributed by atoms with van der Waals surface area (Å²) in [5.41, 5.74) is 8.79. The van der Waals surface area contributed by atoms with Crippen LogP contribution in [0.5, 0.6) is 0 Å². The molecule has 4 rings (SSSR count). The zero-order valence-corrected chi connectivity index (χ0v) is 17.8. The van der Waals surface area contributed by atoms with Gasteiger partial charge in [-0.2, -0.15) is 0 Å². The van der Waals surface area contributed by atoms with Crippen molar-refractivity contribution in [2.24, 2.45) is 11.7 Å². The Bertz CT molecular complexity index is 866. The lowest BCUT2D eigenvalue weighted by atomic mass is 10.0. The van der Waals surface area contributed by atoms with Gasteiger partial charge in [-0.1, -0.05) is 6.92 Å². The minimum Gasteiger partial charge on any atom is -0.391 e. The van der Waals surface area contributed by atoms with Crippen LogP contribution in [0.25, 0.3) is 11.0 Å². The number of halogens is 1. The zero-order valence-electron chi connectivity index (χ0n) is 16.2. The summed E-state index contributed by atoms with van der Waals surface area (Å²) >= 11 is 3.67. The summed E-state index contributed by atoms with van der Waals surface area (Å²) in [5, 5.41) is 11.2. The summed E-state index contributed by atoms with van der Waals surface area (Å²) in [6.07, 6.45) is 7.61. The van der Waals surface area contributed by atoms with Crippen LogP contribution in [0.15, 0.2) is 16.9 Å². The molecule has 3 heterocycles. The molecule has 1 aliphatic carbocycles. The highest BCUT2D eigenvalue weighted by Crippen LogP contribution is 2.42. The highest BCUT2D eigenvalue weighted by molar-refractivity contribution is 9.10. The number of carbonyl (C=O) groups excluding carboxylic acids is 1. The van der Waals surface area contributed by atoms with E-state index in [0.29, 0.717) is 13.0 Å². The molecule has 1 amide bonds. The molecule has 2 aliphatic rings. The molecule has 0 bridgehead atoms. The third-order valence-corrected chi connectivity index (χ3v) is 6.31. The van der Waals surface area contributed by atoms with Gasteiger partial charge in [-0.05, 0) is 48.0 Å². The smallest absolute Gasteiger partial charge is 0.230 e. The lowest BCUT2D eigenvalue weighted by Gasteiger charge is -2.34. The maximum Gasteiger partial charge on any atom is 0.230 e. The summed E-state index contributed by atoms with van der Waals surface area (Å²) in [6, 6.07) is 0.136. The molecule has 7 nitrogen and oxygen atoms in total. The van der Waals surface area contributed by atoms with E-state index < -0.39 is 6.10 Å². The molecule has 4 N–H and O–H groups in total. The molecule has 2 atom stereocenters. The fourth-order valence-corrected chi connectivity index (χ4v) is 4.52. The lowest BCUT2D eigenvalue weighted by Crippen LogP contribution is -2.43. The quantitative estimate of drug-likeness (QED) is 0.629. The Labute approximate surface area is 173 Å².